The largest absolute Gasteiger partial charge is 0.481 e. The molecular formula is C20H25NO4. The number of rotatable bonds is 4. The number of nitrogens with zero attached hydrogens (tertiary/aromatic N) is 1. The number of allylic oxidation sites excluding steroid dienone is 1. The van der Waals surface area contributed by atoms with E-state index in [4.69, 9.17) is 0 Å². The first kappa shape index (κ1) is 17.5. The summed E-state index contributed by atoms with van der Waals surface area (Å²) in [7, 11) is 0. The highest BCUT2D eigenvalue weighted by Gasteiger charge is 2.50. The van der Waals surface area contributed by atoms with Crippen LogP contribution in [0.25, 0.3) is 0 Å². The minimum absolute atomic E-state index is 0.0615. The molecule has 25 heavy (non-hydrogen) atoms. The van der Waals surface area contributed by atoms with Crippen LogP contribution < -0.4 is 4.90 Å². The highest BCUT2D eigenvalue weighted by Crippen LogP contribution is 2.47. The summed E-state index contributed by atoms with van der Waals surface area (Å²) in [6.45, 7) is 3.46. The number of carbonyl (C=O) groups is 2. The molecule has 134 valence electrons. The van der Waals surface area contributed by atoms with Crippen molar-refractivity contribution >= 4 is 17.6 Å². The van der Waals surface area contributed by atoms with Crippen molar-refractivity contribution in [2.24, 2.45) is 5.41 Å². The van der Waals surface area contributed by atoms with Crippen LogP contribution in [0.4, 0.5) is 5.69 Å². The van der Waals surface area contributed by atoms with Gasteiger partial charge in [-0.2, -0.15) is 0 Å². The Bertz CT molecular complexity index is 707. The molecule has 1 saturated heterocycles. The molecule has 5 nitrogen and oxygen atoms in total. The van der Waals surface area contributed by atoms with Gasteiger partial charge in [0.1, 0.15) is 5.41 Å². The molecule has 2 atom stereocenters. The van der Waals surface area contributed by atoms with Gasteiger partial charge in [-0.15, -0.1) is 0 Å². The van der Waals surface area contributed by atoms with E-state index in [1.807, 2.05) is 24.3 Å². The number of hydrogen-bond donors (Lipinski definition) is 2. The molecular weight excluding hydrogens is 318 g/mol. The maximum atomic E-state index is 12.4. The normalized spacial score (nSPS) is 29.4. The molecule has 3 rings (SSSR count). The fraction of sp³-hybridized carbons (Fsp3) is 0.500. The Morgan fingerprint density at radius 2 is 1.72 bits per heavy atom. The number of anilines is 1. The lowest BCUT2D eigenvalue weighted by Gasteiger charge is -2.41. The van der Waals surface area contributed by atoms with Gasteiger partial charge in [0.05, 0.1) is 5.41 Å². The van der Waals surface area contributed by atoms with Crippen LogP contribution in [0.2, 0.25) is 0 Å². The molecule has 1 aliphatic carbocycles. The molecule has 1 aromatic rings. The van der Waals surface area contributed by atoms with Crippen LogP contribution in [0.15, 0.2) is 36.4 Å². The monoisotopic (exact) mass is 343 g/mol. The third-order valence-corrected chi connectivity index (χ3v) is 5.62. The molecule has 1 unspecified atom stereocenters. The van der Waals surface area contributed by atoms with Gasteiger partial charge in [-0.3, -0.25) is 9.59 Å². The van der Waals surface area contributed by atoms with E-state index in [9.17, 15) is 19.8 Å². The SMILES string of the molecule is CC1(C(=O)O)CC=C[C@](C(=O)O)(c2ccccc2N2CCCCC2)C1. The molecule has 1 aliphatic heterocycles. The quantitative estimate of drug-likeness (QED) is 0.819. The summed E-state index contributed by atoms with van der Waals surface area (Å²) in [6, 6.07) is 7.57. The Hall–Kier alpha value is -2.30. The van der Waals surface area contributed by atoms with E-state index in [2.05, 4.69) is 4.90 Å². The molecule has 0 spiro atoms. The maximum Gasteiger partial charge on any atom is 0.318 e. The lowest BCUT2D eigenvalue weighted by Crippen LogP contribution is -2.45. The first-order valence-electron chi connectivity index (χ1n) is 8.88. The molecule has 2 aliphatic rings. The first-order valence-corrected chi connectivity index (χ1v) is 8.88. The van der Waals surface area contributed by atoms with Gasteiger partial charge in [0.15, 0.2) is 0 Å². The zero-order chi connectivity index (χ0) is 18.1. The van der Waals surface area contributed by atoms with Crippen molar-refractivity contribution in [3.05, 3.63) is 42.0 Å². The fourth-order valence-corrected chi connectivity index (χ4v) is 4.14. The number of carboxylic acids is 2. The number of benzene rings is 1. The lowest BCUT2D eigenvalue weighted by atomic mass is 9.63. The fourth-order valence-electron chi connectivity index (χ4n) is 4.14. The predicted octanol–water partition coefficient (Wildman–Crippen LogP) is 3.44. The molecule has 2 N–H and O–H groups in total. The Kier molecular flexibility index (Phi) is 4.58. The van der Waals surface area contributed by atoms with Gasteiger partial charge < -0.3 is 15.1 Å². The minimum atomic E-state index is -1.31. The summed E-state index contributed by atoms with van der Waals surface area (Å²) in [5.74, 6) is -1.93. The standard InChI is InChI=1S/C20H25NO4/c1-19(17(22)23)10-7-11-20(14-19,18(24)25)15-8-3-4-9-16(15)21-12-5-2-6-13-21/h3-4,7-9,11H,2,5-6,10,12-14H2,1H3,(H,22,23)(H,24,25)/t19?,20-/m1/s1. The Balaban J connectivity index is 2.11. The Morgan fingerprint density at radius 1 is 1.04 bits per heavy atom. The third-order valence-electron chi connectivity index (χ3n) is 5.62. The zero-order valence-electron chi connectivity index (χ0n) is 14.6. The van der Waals surface area contributed by atoms with Gasteiger partial charge in [-0.05, 0) is 50.7 Å². The second-order valence-electron chi connectivity index (χ2n) is 7.49. The number of piperidine rings is 1. The Labute approximate surface area is 148 Å². The summed E-state index contributed by atoms with van der Waals surface area (Å²) in [6.07, 6.45) is 7.21. The van der Waals surface area contributed by atoms with Crippen LogP contribution in [-0.2, 0) is 15.0 Å². The minimum Gasteiger partial charge on any atom is -0.481 e. The molecule has 1 heterocycles. The molecule has 0 aromatic heterocycles. The molecule has 1 aromatic carbocycles. The van der Waals surface area contributed by atoms with Crippen LogP contribution in [0.5, 0.6) is 0 Å². The molecule has 5 heteroatoms. The van der Waals surface area contributed by atoms with Crippen molar-refractivity contribution in [3.63, 3.8) is 0 Å². The highest BCUT2D eigenvalue weighted by atomic mass is 16.4. The van der Waals surface area contributed by atoms with Gasteiger partial charge in [-0.1, -0.05) is 30.4 Å². The van der Waals surface area contributed by atoms with Crippen LogP contribution in [-0.4, -0.2) is 35.2 Å². The van der Waals surface area contributed by atoms with E-state index >= 15 is 0 Å². The molecule has 1 fully saturated rings. The van der Waals surface area contributed by atoms with E-state index in [-0.39, 0.29) is 6.42 Å². The maximum absolute atomic E-state index is 12.4. The smallest absolute Gasteiger partial charge is 0.318 e. The van der Waals surface area contributed by atoms with Gasteiger partial charge in [-0.25, -0.2) is 0 Å². The zero-order valence-corrected chi connectivity index (χ0v) is 14.6. The van der Waals surface area contributed by atoms with Crippen molar-refractivity contribution < 1.29 is 19.8 Å². The van der Waals surface area contributed by atoms with Crippen LogP contribution in [0.1, 0.15) is 44.6 Å². The predicted molar refractivity (Wildman–Crippen MR) is 95.9 cm³/mol. The van der Waals surface area contributed by atoms with Crippen LogP contribution >= 0.6 is 0 Å². The van der Waals surface area contributed by atoms with E-state index in [0.717, 1.165) is 31.6 Å². The number of para-hydroxylation sites is 1. The van der Waals surface area contributed by atoms with Gasteiger partial charge >= 0.3 is 11.9 Å². The van der Waals surface area contributed by atoms with Gasteiger partial charge in [0, 0.05) is 18.8 Å². The second kappa shape index (κ2) is 6.54. The van der Waals surface area contributed by atoms with E-state index in [1.165, 1.54) is 6.42 Å². The topological polar surface area (TPSA) is 77.8 Å². The third kappa shape index (κ3) is 3.03. The van der Waals surface area contributed by atoms with E-state index in [1.54, 1.807) is 19.1 Å². The van der Waals surface area contributed by atoms with Crippen molar-refractivity contribution in [2.75, 3.05) is 18.0 Å². The van der Waals surface area contributed by atoms with Crippen LogP contribution in [0.3, 0.4) is 0 Å². The highest BCUT2D eigenvalue weighted by molar-refractivity contribution is 5.89. The summed E-state index contributed by atoms with van der Waals surface area (Å²) in [5, 5.41) is 19.8. The van der Waals surface area contributed by atoms with Crippen LogP contribution in [0, 0.1) is 5.41 Å². The molecule has 0 bridgehead atoms. The van der Waals surface area contributed by atoms with Crippen molar-refractivity contribution in [1.82, 2.24) is 0 Å². The summed E-state index contributed by atoms with van der Waals surface area (Å²) in [4.78, 5) is 26.4. The molecule has 0 amide bonds. The number of carboxylic acid groups (broad SMARTS) is 2. The van der Waals surface area contributed by atoms with Gasteiger partial charge in [0.25, 0.3) is 0 Å². The number of aliphatic carboxylic acids is 2. The van der Waals surface area contributed by atoms with Crippen molar-refractivity contribution in [1.29, 1.82) is 0 Å². The van der Waals surface area contributed by atoms with E-state index in [0.29, 0.717) is 12.0 Å². The summed E-state index contributed by atoms with van der Waals surface area (Å²) < 4.78 is 0. The van der Waals surface area contributed by atoms with Gasteiger partial charge in [0.2, 0.25) is 0 Å². The summed E-state index contributed by atoms with van der Waals surface area (Å²) >= 11 is 0. The molecule has 0 saturated carbocycles. The van der Waals surface area contributed by atoms with Crippen molar-refractivity contribution in [3.8, 4) is 0 Å². The Morgan fingerprint density at radius 3 is 2.36 bits per heavy atom. The average Bonchev–Trinajstić information content (AvgIpc) is 2.62. The van der Waals surface area contributed by atoms with E-state index < -0.39 is 22.8 Å². The van der Waals surface area contributed by atoms with Crippen molar-refractivity contribution in [2.45, 2.75) is 44.4 Å². The lowest BCUT2D eigenvalue weighted by molar-refractivity contribution is -0.152. The second-order valence-corrected chi connectivity index (χ2v) is 7.49. The average molecular weight is 343 g/mol. The first-order chi connectivity index (χ1) is 11.9. The summed E-state index contributed by atoms with van der Waals surface area (Å²) in [5.41, 5.74) is -0.765. The number of hydrogen-bond acceptors (Lipinski definition) is 3. The molecule has 0 radical (unpaired) electrons.